The molecule has 0 spiro atoms. The van der Waals surface area contributed by atoms with E-state index >= 15 is 8.78 Å². The van der Waals surface area contributed by atoms with Gasteiger partial charge in [0.25, 0.3) is 0 Å². The van der Waals surface area contributed by atoms with Crippen molar-refractivity contribution in [2.24, 2.45) is 22.7 Å². The molecule has 0 saturated heterocycles. The van der Waals surface area contributed by atoms with Gasteiger partial charge in [0.2, 0.25) is 5.78 Å². The van der Waals surface area contributed by atoms with Crippen molar-refractivity contribution in [1.29, 1.82) is 0 Å². The molecule has 0 aliphatic heterocycles. The zero-order valence-corrected chi connectivity index (χ0v) is 20.1. The molecule has 0 amide bonds. The highest BCUT2D eigenvalue weighted by atomic mass is 79.9. The van der Waals surface area contributed by atoms with Gasteiger partial charge in [-0.2, -0.15) is 0 Å². The number of allylic oxidation sites excluding steroid dienone is 4. The van der Waals surface area contributed by atoms with Crippen molar-refractivity contribution >= 4 is 33.5 Å². The lowest BCUT2D eigenvalue weighted by Crippen LogP contribution is -2.71. The minimum Gasteiger partial charge on any atom is -0.458 e. The Morgan fingerprint density at radius 3 is 2.45 bits per heavy atom. The number of halogens is 3. The number of aliphatic hydroxyl groups is 3. The van der Waals surface area contributed by atoms with E-state index in [1.165, 1.54) is 19.9 Å². The summed E-state index contributed by atoms with van der Waals surface area (Å²) in [6, 6.07) is 0. The Hall–Kier alpha value is -1.49. The lowest BCUT2D eigenvalue weighted by atomic mass is 9.44. The number of rotatable bonds is 3. The first-order chi connectivity index (χ1) is 15.1. The highest BCUT2D eigenvalue weighted by Gasteiger charge is 2.77. The third kappa shape index (κ3) is 2.96. The second kappa shape index (κ2) is 7.50. The summed E-state index contributed by atoms with van der Waals surface area (Å²) in [7, 11) is 0. The smallest absolute Gasteiger partial charge is 0.303 e. The first-order valence-corrected chi connectivity index (χ1v) is 11.7. The first-order valence-electron chi connectivity index (χ1n) is 10.9. The molecule has 0 aromatic rings. The summed E-state index contributed by atoms with van der Waals surface area (Å²) >= 11 is 3.10. The van der Waals surface area contributed by atoms with E-state index in [0.717, 1.165) is 13.0 Å². The topological polar surface area (TPSA) is 121 Å². The van der Waals surface area contributed by atoms with Crippen molar-refractivity contribution in [3.8, 4) is 0 Å². The number of carbonyl (C=O) groups is 3. The van der Waals surface area contributed by atoms with Gasteiger partial charge in [-0.15, -0.1) is 0 Å². The molecule has 9 atom stereocenters. The predicted octanol–water partition coefficient (Wildman–Crippen LogP) is 1.86. The molecule has 182 valence electrons. The number of fused-ring (bicyclic) bond motifs is 5. The van der Waals surface area contributed by atoms with Crippen LogP contribution in [0.1, 0.15) is 40.0 Å². The summed E-state index contributed by atoms with van der Waals surface area (Å²) in [5, 5.41) is 33.4. The Kier molecular flexibility index (Phi) is 5.60. The number of Topliss-reactive ketones (excluding diaryl/α,β-unsaturated/α-hetero) is 1. The van der Waals surface area contributed by atoms with Crippen molar-refractivity contribution in [2.75, 3.05) is 6.61 Å². The maximum absolute atomic E-state index is 17.1. The van der Waals surface area contributed by atoms with Crippen LogP contribution in [0.25, 0.3) is 0 Å². The van der Waals surface area contributed by atoms with Crippen LogP contribution in [-0.4, -0.2) is 69.1 Å². The number of ether oxygens (including phenoxy) is 1. The fourth-order valence-corrected chi connectivity index (χ4v) is 7.63. The van der Waals surface area contributed by atoms with Gasteiger partial charge >= 0.3 is 5.97 Å². The number of alkyl halides is 2. The molecular weight excluding hydrogens is 506 g/mol. The molecule has 0 bridgehead atoms. The maximum Gasteiger partial charge on any atom is 0.303 e. The largest absolute Gasteiger partial charge is 0.458 e. The summed E-state index contributed by atoms with van der Waals surface area (Å²) in [5.74, 6) is -4.24. The van der Waals surface area contributed by atoms with Crippen LogP contribution in [-0.2, 0) is 19.1 Å². The van der Waals surface area contributed by atoms with Crippen LogP contribution >= 0.6 is 15.9 Å². The second-order valence-corrected chi connectivity index (χ2v) is 11.1. The van der Waals surface area contributed by atoms with E-state index in [1.54, 1.807) is 0 Å². The fraction of sp³-hybridized carbons (Fsp3) is 0.696. The standard InChI is InChI=1S/C23H27BrF2O7/c1-10(27)33-9-19(31)23(32)17(29)6-11-12-4-15(25)13-5-16(28)14(24)7-20(13,2)22(12,26)18(30)8-21(11,23)3/h5,7,11-12,15,17-18,29-30,32H,4,6,8-9H2,1-3H3/t11-,12-,15+,17+,18-,20-,21-,22?,23-/m0/s1. The second-order valence-electron chi connectivity index (χ2n) is 10.2. The fourth-order valence-electron chi connectivity index (χ4n) is 7.05. The van der Waals surface area contributed by atoms with E-state index in [-0.39, 0.29) is 22.9 Å². The Morgan fingerprint density at radius 2 is 1.85 bits per heavy atom. The molecule has 0 aromatic heterocycles. The Bertz CT molecular complexity index is 997. The van der Waals surface area contributed by atoms with Crippen LogP contribution in [0.2, 0.25) is 0 Å². The quantitative estimate of drug-likeness (QED) is 0.474. The molecule has 10 heteroatoms. The van der Waals surface area contributed by atoms with E-state index in [2.05, 4.69) is 15.9 Å². The Labute approximate surface area is 198 Å². The van der Waals surface area contributed by atoms with Gasteiger partial charge in [0.15, 0.2) is 23.7 Å². The van der Waals surface area contributed by atoms with E-state index in [4.69, 9.17) is 4.74 Å². The van der Waals surface area contributed by atoms with Crippen LogP contribution in [0.15, 0.2) is 22.2 Å². The minimum absolute atomic E-state index is 0.0543. The molecule has 0 heterocycles. The number of hydrogen-bond acceptors (Lipinski definition) is 7. The number of aliphatic hydroxyl groups excluding tert-OH is 2. The average Bonchev–Trinajstić information content (AvgIpc) is 2.92. The van der Waals surface area contributed by atoms with Gasteiger partial charge in [-0.05, 0) is 59.7 Å². The molecule has 33 heavy (non-hydrogen) atoms. The van der Waals surface area contributed by atoms with Crippen molar-refractivity contribution in [3.63, 3.8) is 0 Å². The van der Waals surface area contributed by atoms with Crippen molar-refractivity contribution in [3.05, 3.63) is 22.2 Å². The molecule has 4 aliphatic carbocycles. The van der Waals surface area contributed by atoms with Crippen LogP contribution in [0.3, 0.4) is 0 Å². The summed E-state index contributed by atoms with van der Waals surface area (Å²) < 4.78 is 37.3. The third-order valence-electron chi connectivity index (χ3n) is 8.74. The average molecular weight is 533 g/mol. The van der Waals surface area contributed by atoms with E-state index in [1.807, 2.05) is 0 Å². The lowest BCUT2D eigenvalue weighted by molar-refractivity contribution is -0.226. The number of hydrogen-bond donors (Lipinski definition) is 3. The molecule has 3 N–H and O–H groups in total. The molecule has 3 saturated carbocycles. The molecule has 1 unspecified atom stereocenters. The van der Waals surface area contributed by atoms with Crippen molar-refractivity contribution < 1.29 is 43.2 Å². The summed E-state index contributed by atoms with van der Waals surface area (Å²) in [4.78, 5) is 36.2. The predicted molar refractivity (Wildman–Crippen MR) is 114 cm³/mol. The number of ketones is 2. The summed E-state index contributed by atoms with van der Waals surface area (Å²) in [5.41, 5.74) is -8.06. The summed E-state index contributed by atoms with van der Waals surface area (Å²) in [6.45, 7) is 3.20. The van der Waals surface area contributed by atoms with Gasteiger partial charge in [0.05, 0.1) is 16.7 Å². The highest BCUT2D eigenvalue weighted by Crippen LogP contribution is 2.70. The monoisotopic (exact) mass is 532 g/mol. The highest BCUT2D eigenvalue weighted by molar-refractivity contribution is 9.12. The van der Waals surface area contributed by atoms with Crippen LogP contribution in [0.5, 0.6) is 0 Å². The lowest BCUT2D eigenvalue weighted by Gasteiger charge is -2.62. The van der Waals surface area contributed by atoms with Gasteiger partial charge in [-0.1, -0.05) is 13.0 Å². The molecule has 4 aliphatic rings. The number of carbonyl (C=O) groups excluding carboxylic acids is 3. The third-order valence-corrected chi connectivity index (χ3v) is 9.36. The van der Waals surface area contributed by atoms with Crippen LogP contribution < -0.4 is 0 Å². The first kappa shape index (κ1) is 24.6. The van der Waals surface area contributed by atoms with Gasteiger partial charge in [-0.3, -0.25) is 14.4 Å². The number of esters is 1. The maximum atomic E-state index is 17.1. The molecule has 4 rings (SSSR count). The molecule has 3 fully saturated rings. The zero-order valence-electron chi connectivity index (χ0n) is 18.5. The molecule has 7 nitrogen and oxygen atoms in total. The normalized spacial score (nSPS) is 48.8. The van der Waals surface area contributed by atoms with E-state index in [0.29, 0.717) is 0 Å². The van der Waals surface area contributed by atoms with Crippen LogP contribution in [0, 0.1) is 22.7 Å². The Morgan fingerprint density at radius 1 is 1.21 bits per heavy atom. The summed E-state index contributed by atoms with van der Waals surface area (Å²) in [6.07, 6.45) is -3.68. The minimum atomic E-state index is -2.42. The van der Waals surface area contributed by atoms with E-state index < -0.39 is 82.9 Å². The molecule has 0 aromatic carbocycles. The zero-order chi connectivity index (χ0) is 24.7. The van der Waals surface area contributed by atoms with Gasteiger partial charge in [0.1, 0.15) is 6.17 Å². The van der Waals surface area contributed by atoms with E-state index in [9.17, 15) is 29.7 Å². The van der Waals surface area contributed by atoms with Crippen LogP contribution in [0.4, 0.5) is 8.78 Å². The van der Waals surface area contributed by atoms with Crippen molar-refractivity contribution in [1.82, 2.24) is 0 Å². The van der Waals surface area contributed by atoms with Gasteiger partial charge in [0, 0.05) is 23.7 Å². The molecular formula is C23H27BrF2O7. The molecule has 0 radical (unpaired) electrons. The van der Waals surface area contributed by atoms with Gasteiger partial charge in [-0.25, -0.2) is 8.78 Å². The Balaban J connectivity index is 1.81. The van der Waals surface area contributed by atoms with Gasteiger partial charge < -0.3 is 20.1 Å². The SMILES string of the molecule is CC(=O)OCC(=O)[C@@]1(O)[C@H](O)C[C@H]2[C@@H]3C[C@@H](F)C4=CC(=O)C(Br)=C[C@]4(C)C3(F)[C@@H](O)C[C@@]21C. The van der Waals surface area contributed by atoms with Crippen molar-refractivity contribution in [2.45, 2.75) is 69.7 Å².